The molecule has 2 amide bonds. The molecule has 1 saturated heterocycles. The summed E-state index contributed by atoms with van der Waals surface area (Å²) >= 11 is 0. The first kappa shape index (κ1) is 23.2. The van der Waals surface area contributed by atoms with Crippen molar-refractivity contribution in [2.45, 2.75) is 49.9 Å². The molecule has 4 N–H and O–H groups in total. The van der Waals surface area contributed by atoms with Crippen molar-refractivity contribution >= 4 is 17.1 Å². The molecular weight excluding hydrogens is 472 g/mol. The maximum atomic E-state index is 13.3. The van der Waals surface area contributed by atoms with Crippen LogP contribution in [0.2, 0.25) is 0 Å². The Balaban J connectivity index is 1.89. The molecule has 14 heteroatoms. The number of nitrogens with two attached hydrogens (primary N) is 1. The third kappa shape index (κ3) is 5.39. The van der Waals surface area contributed by atoms with Crippen LogP contribution in [0.1, 0.15) is 40.1 Å². The highest BCUT2D eigenvalue weighted by atomic mass is 19.4. The Kier molecular flexibility index (Phi) is 6.29. The van der Waals surface area contributed by atoms with Crippen molar-refractivity contribution in [1.29, 1.82) is 0 Å². The molecule has 1 aromatic heterocycles. The number of urea groups is 1. The number of hydrogen-bond donors (Lipinski definition) is 3. The minimum Gasteiger partial charge on any atom is -0.382 e. The van der Waals surface area contributed by atoms with Crippen LogP contribution in [0.25, 0.3) is 11.0 Å². The molecule has 0 radical (unpaired) electrons. The Morgan fingerprint density at radius 3 is 2.50 bits per heavy atom. The zero-order chi connectivity index (χ0) is 27.3. The van der Waals surface area contributed by atoms with Crippen LogP contribution in [-0.4, -0.2) is 71.7 Å². The number of aromatic nitrogens is 2. The Morgan fingerprint density at radius 2 is 1.94 bits per heavy atom. The van der Waals surface area contributed by atoms with E-state index in [1.807, 2.05) is 0 Å². The molecule has 2 heterocycles. The lowest BCUT2D eigenvalue weighted by atomic mass is 10.1. The highest BCUT2D eigenvalue weighted by Crippen LogP contribution is 2.34. The van der Waals surface area contributed by atoms with Crippen molar-refractivity contribution in [2.75, 3.05) is 26.8 Å². The van der Waals surface area contributed by atoms with E-state index in [1.54, 1.807) is 5.32 Å². The van der Waals surface area contributed by atoms with E-state index in [2.05, 4.69) is 9.97 Å². The van der Waals surface area contributed by atoms with Gasteiger partial charge in [-0.05, 0) is 31.5 Å². The number of H-pyrrole nitrogens is 1. The quantitative estimate of drug-likeness (QED) is 0.482. The summed E-state index contributed by atoms with van der Waals surface area (Å²) in [5.74, 6) is 0.0924. The van der Waals surface area contributed by atoms with Gasteiger partial charge in [0.15, 0.2) is 5.60 Å². The second-order valence-corrected chi connectivity index (χ2v) is 8.22. The Hall–Kier alpha value is -2.58. The van der Waals surface area contributed by atoms with Crippen LogP contribution in [0.3, 0.4) is 0 Å². The zero-order valence-electron chi connectivity index (χ0n) is 20.3. The number of nitrogens with one attached hydrogen (secondary N) is 2. The van der Waals surface area contributed by atoms with E-state index >= 15 is 0 Å². The Morgan fingerprint density at radius 1 is 1.26 bits per heavy atom. The average Bonchev–Trinajstić information content (AvgIpc) is 3.27. The predicted molar refractivity (Wildman–Crippen MR) is 109 cm³/mol. The lowest BCUT2D eigenvalue weighted by molar-refractivity contribution is -0.264. The standard InChI is InChI=1S/C20H25F6N5O3/c1-18(2,20(24,25)26)34-8-11(27)16-28-12-5-4-10(6-13(12)29-16)14(9-33-3)31-7-15(19(21,22)23)30-17(31)32/h4-6,11,14-15H,7-9,27H2,1-3H3,(H,28,29)(H,30,32)/t11-,14+,15?/m0/s1/i7D2. The Bertz CT molecular complexity index is 1110. The van der Waals surface area contributed by atoms with E-state index in [1.165, 1.54) is 25.3 Å². The van der Waals surface area contributed by atoms with Crippen LogP contribution < -0.4 is 11.1 Å². The monoisotopic (exact) mass is 499 g/mol. The van der Waals surface area contributed by atoms with Crippen LogP contribution in [0, 0.1) is 0 Å². The molecule has 8 nitrogen and oxygen atoms in total. The SMILES string of the molecule is [2H]C1([2H])C(C(F)(F)F)NC(=O)N1[C@H](COC)c1ccc2[nH]c([C@@H](N)COC(C)(C)C(F)(F)F)nc2c1. The number of fused-ring (bicyclic) bond motifs is 1. The number of hydrogen-bond acceptors (Lipinski definition) is 5. The first-order valence-electron chi connectivity index (χ1n) is 11.0. The maximum absolute atomic E-state index is 13.3. The number of halogens is 6. The fourth-order valence-electron chi connectivity index (χ4n) is 3.17. The summed E-state index contributed by atoms with van der Waals surface area (Å²) in [5, 5.41) is 1.63. The predicted octanol–water partition coefficient (Wildman–Crippen LogP) is 3.56. The molecule has 0 spiro atoms. The number of nitrogens with zero attached hydrogens (tertiary/aromatic N) is 2. The number of carbonyl (C=O) groups excluding carboxylic acids is 1. The van der Waals surface area contributed by atoms with Gasteiger partial charge in [0, 0.05) is 7.11 Å². The first-order valence-corrected chi connectivity index (χ1v) is 10.0. The summed E-state index contributed by atoms with van der Waals surface area (Å²) in [6.45, 7) is -2.26. The number of rotatable bonds is 8. The van der Waals surface area contributed by atoms with Crippen LogP contribution in [0.15, 0.2) is 18.2 Å². The van der Waals surface area contributed by atoms with E-state index in [0.29, 0.717) is 10.4 Å². The van der Waals surface area contributed by atoms with Gasteiger partial charge in [-0.2, -0.15) is 26.3 Å². The molecule has 0 aliphatic carbocycles. The van der Waals surface area contributed by atoms with Crippen molar-refractivity contribution in [1.82, 2.24) is 20.2 Å². The molecule has 3 atom stereocenters. The summed E-state index contributed by atoms with van der Waals surface area (Å²) in [5.41, 5.74) is 4.35. The zero-order valence-corrected chi connectivity index (χ0v) is 18.3. The normalized spacial score (nSPS) is 21.9. The van der Waals surface area contributed by atoms with Crippen molar-refractivity contribution < 1.29 is 43.4 Å². The molecule has 3 rings (SSSR count). The maximum Gasteiger partial charge on any atom is 0.416 e. The summed E-state index contributed by atoms with van der Waals surface area (Å²) in [6.07, 6.45) is -9.66. The molecule has 1 unspecified atom stereocenters. The third-order valence-corrected chi connectivity index (χ3v) is 5.29. The number of amides is 2. The number of carbonyl (C=O) groups is 1. The van der Waals surface area contributed by atoms with E-state index in [-0.39, 0.29) is 23.5 Å². The van der Waals surface area contributed by atoms with E-state index in [9.17, 15) is 31.1 Å². The van der Waals surface area contributed by atoms with Gasteiger partial charge in [-0.25, -0.2) is 9.78 Å². The van der Waals surface area contributed by atoms with E-state index in [4.69, 9.17) is 17.9 Å². The number of ether oxygens (including phenoxy) is 2. The highest BCUT2D eigenvalue weighted by Gasteiger charge is 2.49. The molecule has 34 heavy (non-hydrogen) atoms. The number of methoxy groups -OCH3 is 1. The second kappa shape index (κ2) is 9.23. The summed E-state index contributed by atoms with van der Waals surface area (Å²) < 4.78 is 105. The van der Waals surface area contributed by atoms with Gasteiger partial charge in [0.25, 0.3) is 0 Å². The van der Waals surface area contributed by atoms with Crippen LogP contribution in [-0.2, 0) is 9.47 Å². The fourth-order valence-corrected chi connectivity index (χ4v) is 3.17. The molecule has 2 aromatic rings. The lowest BCUT2D eigenvalue weighted by Crippen LogP contribution is -2.43. The number of aromatic amines is 1. The highest BCUT2D eigenvalue weighted by molar-refractivity contribution is 5.79. The minimum absolute atomic E-state index is 0.0924. The van der Waals surface area contributed by atoms with Gasteiger partial charge in [-0.1, -0.05) is 6.07 Å². The van der Waals surface area contributed by atoms with Crippen molar-refractivity contribution in [2.24, 2.45) is 5.73 Å². The van der Waals surface area contributed by atoms with Crippen LogP contribution >= 0.6 is 0 Å². The van der Waals surface area contributed by atoms with Gasteiger partial charge in [0.1, 0.15) is 11.9 Å². The minimum atomic E-state index is -5.04. The summed E-state index contributed by atoms with van der Waals surface area (Å²) in [7, 11) is 1.24. The van der Waals surface area contributed by atoms with Gasteiger partial charge in [0.2, 0.25) is 0 Å². The molecule has 1 aromatic carbocycles. The van der Waals surface area contributed by atoms with Gasteiger partial charge >= 0.3 is 18.4 Å². The molecule has 1 aliphatic heterocycles. The fraction of sp³-hybridized carbons (Fsp3) is 0.600. The number of alkyl halides is 6. The van der Waals surface area contributed by atoms with Gasteiger partial charge < -0.3 is 30.4 Å². The molecule has 1 fully saturated rings. The van der Waals surface area contributed by atoms with Crippen molar-refractivity contribution in [3.63, 3.8) is 0 Å². The van der Waals surface area contributed by atoms with Crippen molar-refractivity contribution in [3.8, 4) is 0 Å². The molecular formula is C20H25F6N5O3. The third-order valence-electron chi connectivity index (χ3n) is 5.29. The summed E-state index contributed by atoms with van der Waals surface area (Å²) in [6, 6.07) is -2.03. The number of benzene rings is 1. The first-order chi connectivity index (χ1) is 16.4. The van der Waals surface area contributed by atoms with Crippen molar-refractivity contribution in [3.05, 3.63) is 29.6 Å². The van der Waals surface area contributed by atoms with Crippen LogP contribution in [0.5, 0.6) is 0 Å². The summed E-state index contributed by atoms with van der Waals surface area (Å²) in [4.78, 5) is 19.9. The number of imidazole rings is 1. The van der Waals surface area contributed by atoms with E-state index < -0.39 is 55.2 Å². The molecule has 1 aliphatic rings. The van der Waals surface area contributed by atoms with E-state index in [0.717, 1.165) is 13.8 Å². The molecule has 0 saturated carbocycles. The van der Waals surface area contributed by atoms with Gasteiger partial charge in [0.05, 0.1) is 45.6 Å². The van der Waals surface area contributed by atoms with Crippen LogP contribution in [0.4, 0.5) is 31.1 Å². The topological polar surface area (TPSA) is 106 Å². The average molecular weight is 499 g/mol. The lowest BCUT2D eigenvalue weighted by Gasteiger charge is -2.28. The second-order valence-electron chi connectivity index (χ2n) is 8.22. The Labute approximate surface area is 193 Å². The van der Waals surface area contributed by atoms with Gasteiger partial charge in [-0.15, -0.1) is 0 Å². The molecule has 190 valence electrons. The molecule has 0 bridgehead atoms. The largest absolute Gasteiger partial charge is 0.416 e. The van der Waals surface area contributed by atoms with Gasteiger partial charge in [-0.3, -0.25) is 0 Å². The smallest absolute Gasteiger partial charge is 0.382 e.